The lowest BCUT2D eigenvalue weighted by Crippen LogP contribution is -2.37. The molecule has 10 heteroatoms. The van der Waals surface area contributed by atoms with E-state index in [0.717, 1.165) is 12.1 Å². The highest BCUT2D eigenvalue weighted by Crippen LogP contribution is 2.23. The SMILES string of the molecule is NC(=O)CCN(C(=O)COc1cccnc1[N+](=O)[O-])c1ccc(F)cc1. The minimum atomic E-state index is -0.732. The molecule has 1 aromatic carbocycles. The molecule has 0 atom stereocenters. The fourth-order valence-electron chi connectivity index (χ4n) is 2.09. The van der Waals surface area contributed by atoms with Crippen LogP contribution in [-0.2, 0) is 9.59 Å². The summed E-state index contributed by atoms with van der Waals surface area (Å²) in [7, 11) is 0. The van der Waals surface area contributed by atoms with Gasteiger partial charge in [0.1, 0.15) is 12.0 Å². The lowest BCUT2D eigenvalue weighted by molar-refractivity contribution is -0.390. The van der Waals surface area contributed by atoms with E-state index in [0.29, 0.717) is 5.69 Å². The molecule has 2 amide bonds. The molecule has 2 aromatic rings. The van der Waals surface area contributed by atoms with Crippen LogP contribution in [0.15, 0.2) is 42.6 Å². The van der Waals surface area contributed by atoms with Crippen LogP contribution in [0.4, 0.5) is 15.9 Å². The molecule has 0 spiro atoms. The second kappa shape index (κ2) is 8.51. The molecule has 0 aliphatic rings. The van der Waals surface area contributed by atoms with Crippen molar-refractivity contribution < 1.29 is 23.6 Å². The minimum absolute atomic E-state index is 0.0434. The van der Waals surface area contributed by atoms with Gasteiger partial charge in [-0.3, -0.25) is 9.59 Å². The van der Waals surface area contributed by atoms with Crippen LogP contribution in [0.2, 0.25) is 0 Å². The normalized spacial score (nSPS) is 10.2. The predicted octanol–water partition coefficient (Wildman–Crippen LogP) is 1.42. The monoisotopic (exact) mass is 362 g/mol. The van der Waals surface area contributed by atoms with Crippen LogP contribution in [-0.4, -0.2) is 34.9 Å². The number of primary amides is 1. The first kappa shape index (κ1) is 18.8. The van der Waals surface area contributed by atoms with Crippen LogP contribution >= 0.6 is 0 Å². The molecule has 0 bridgehead atoms. The van der Waals surface area contributed by atoms with Crippen molar-refractivity contribution in [2.75, 3.05) is 18.1 Å². The quantitative estimate of drug-likeness (QED) is 0.558. The molecule has 0 saturated carbocycles. The summed E-state index contributed by atoms with van der Waals surface area (Å²) in [6, 6.07) is 7.78. The number of hydrogen-bond acceptors (Lipinski definition) is 6. The van der Waals surface area contributed by atoms with Gasteiger partial charge in [-0.15, -0.1) is 0 Å². The summed E-state index contributed by atoms with van der Waals surface area (Å²) in [6.07, 6.45) is 1.11. The van der Waals surface area contributed by atoms with E-state index in [1.54, 1.807) is 0 Å². The number of halogens is 1. The van der Waals surface area contributed by atoms with Crippen LogP contribution in [0.25, 0.3) is 0 Å². The van der Waals surface area contributed by atoms with Crippen LogP contribution in [0.3, 0.4) is 0 Å². The molecule has 1 aromatic heterocycles. The molecule has 2 N–H and O–H groups in total. The number of hydrogen-bond donors (Lipinski definition) is 1. The Labute approximate surface area is 147 Å². The summed E-state index contributed by atoms with van der Waals surface area (Å²) in [5.41, 5.74) is 5.45. The van der Waals surface area contributed by atoms with Crippen LogP contribution in [0, 0.1) is 15.9 Å². The summed E-state index contributed by atoms with van der Waals surface area (Å²) in [5.74, 6) is -2.38. The number of rotatable bonds is 8. The number of nitro groups is 1. The molecule has 0 saturated heterocycles. The van der Waals surface area contributed by atoms with Crippen molar-refractivity contribution >= 4 is 23.3 Å². The number of amides is 2. The molecule has 9 nitrogen and oxygen atoms in total. The van der Waals surface area contributed by atoms with Crippen molar-refractivity contribution in [2.45, 2.75) is 6.42 Å². The van der Waals surface area contributed by atoms with Gasteiger partial charge >= 0.3 is 5.82 Å². The first-order chi connectivity index (χ1) is 12.4. The third-order valence-electron chi connectivity index (χ3n) is 3.30. The fraction of sp³-hybridized carbons (Fsp3) is 0.188. The molecular formula is C16H15FN4O5. The van der Waals surface area contributed by atoms with E-state index in [4.69, 9.17) is 10.5 Å². The summed E-state index contributed by atoms with van der Waals surface area (Å²) in [6.45, 7) is -0.582. The van der Waals surface area contributed by atoms with Gasteiger partial charge in [-0.25, -0.2) is 4.39 Å². The highest BCUT2D eigenvalue weighted by atomic mass is 19.1. The number of ether oxygens (including phenoxy) is 1. The Morgan fingerprint density at radius 1 is 1.27 bits per heavy atom. The number of pyridine rings is 1. The van der Waals surface area contributed by atoms with Gasteiger partial charge in [0.15, 0.2) is 6.61 Å². The van der Waals surface area contributed by atoms with Gasteiger partial charge in [-0.05, 0) is 46.3 Å². The number of anilines is 1. The topological polar surface area (TPSA) is 129 Å². The molecule has 0 aliphatic heterocycles. The van der Waals surface area contributed by atoms with Crippen molar-refractivity contribution in [3.05, 3.63) is 58.5 Å². The van der Waals surface area contributed by atoms with Crippen LogP contribution in [0.1, 0.15) is 6.42 Å². The molecule has 0 fully saturated rings. The van der Waals surface area contributed by atoms with Gasteiger partial charge in [0.2, 0.25) is 11.7 Å². The van der Waals surface area contributed by atoms with Gasteiger partial charge in [0.05, 0.1) is 0 Å². The molecule has 2 rings (SSSR count). The van der Waals surface area contributed by atoms with Crippen molar-refractivity contribution in [3.63, 3.8) is 0 Å². The molecule has 26 heavy (non-hydrogen) atoms. The molecule has 1 heterocycles. The molecule has 136 valence electrons. The van der Waals surface area contributed by atoms with E-state index in [-0.39, 0.29) is 18.7 Å². The molecule has 0 unspecified atom stereocenters. The number of benzene rings is 1. The Bertz CT molecular complexity index is 813. The first-order valence-electron chi connectivity index (χ1n) is 7.45. The third kappa shape index (κ3) is 4.97. The average Bonchev–Trinajstić information content (AvgIpc) is 2.61. The maximum absolute atomic E-state index is 13.1. The van der Waals surface area contributed by atoms with E-state index < -0.39 is 35.0 Å². The minimum Gasteiger partial charge on any atom is -0.476 e. The van der Waals surface area contributed by atoms with Gasteiger partial charge in [-0.1, -0.05) is 0 Å². The third-order valence-corrected chi connectivity index (χ3v) is 3.30. The van der Waals surface area contributed by atoms with Crippen molar-refractivity contribution in [1.29, 1.82) is 0 Å². The summed E-state index contributed by atoms with van der Waals surface area (Å²) in [4.78, 5) is 38.4. The van der Waals surface area contributed by atoms with Gasteiger partial charge in [0, 0.05) is 18.7 Å². The van der Waals surface area contributed by atoms with E-state index in [1.807, 2.05) is 0 Å². The number of nitrogens with two attached hydrogens (primary N) is 1. The molecule has 0 radical (unpaired) electrons. The number of carbonyl (C=O) groups excluding carboxylic acids is 2. The van der Waals surface area contributed by atoms with Crippen LogP contribution < -0.4 is 15.4 Å². The average molecular weight is 362 g/mol. The lowest BCUT2D eigenvalue weighted by Gasteiger charge is -2.22. The zero-order chi connectivity index (χ0) is 19.1. The zero-order valence-electron chi connectivity index (χ0n) is 13.5. The summed E-state index contributed by atoms with van der Waals surface area (Å²) in [5, 5.41) is 10.9. The van der Waals surface area contributed by atoms with Crippen molar-refractivity contribution in [3.8, 4) is 5.75 Å². The van der Waals surface area contributed by atoms with Gasteiger partial charge < -0.3 is 25.5 Å². The lowest BCUT2D eigenvalue weighted by atomic mass is 10.2. The first-order valence-corrected chi connectivity index (χ1v) is 7.45. The number of carbonyl (C=O) groups is 2. The second-order valence-corrected chi connectivity index (χ2v) is 5.11. The highest BCUT2D eigenvalue weighted by molar-refractivity contribution is 5.95. The van der Waals surface area contributed by atoms with Gasteiger partial charge in [0.25, 0.3) is 5.91 Å². The van der Waals surface area contributed by atoms with Crippen molar-refractivity contribution in [1.82, 2.24) is 4.98 Å². The second-order valence-electron chi connectivity index (χ2n) is 5.11. The Morgan fingerprint density at radius 2 is 1.96 bits per heavy atom. The summed E-state index contributed by atoms with van der Waals surface area (Å²) < 4.78 is 18.3. The largest absolute Gasteiger partial charge is 0.476 e. The fourth-order valence-corrected chi connectivity index (χ4v) is 2.09. The number of nitrogens with zero attached hydrogens (tertiary/aromatic N) is 3. The molecular weight excluding hydrogens is 347 g/mol. The highest BCUT2D eigenvalue weighted by Gasteiger charge is 2.21. The molecule has 0 aliphatic carbocycles. The predicted molar refractivity (Wildman–Crippen MR) is 89.0 cm³/mol. The van der Waals surface area contributed by atoms with E-state index in [1.165, 1.54) is 35.4 Å². The smallest absolute Gasteiger partial charge is 0.406 e. The number of aromatic nitrogens is 1. The van der Waals surface area contributed by atoms with Crippen molar-refractivity contribution in [2.24, 2.45) is 5.73 Å². The zero-order valence-corrected chi connectivity index (χ0v) is 13.5. The maximum Gasteiger partial charge on any atom is 0.406 e. The Kier molecular flexibility index (Phi) is 6.15. The Morgan fingerprint density at radius 3 is 2.58 bits per heavy atom. The maximum atomic E-state index is 13.1. The van der Waals surface area contributed by atoms with Gasteiger partial charge in [-0.2, -0.15) is 0 Å². The van der Waals surface area contributed by atoms with E-state index in [2.05, 4.69) is 4.98 Å². The Hall–Kier alpha value is -3.56. The summed E-state index contributed by atoms with van der Waals surface area (Å²) >= 11 is 0. The Balaban J connectivity index is 2.15. The van der Waals surface area contributed by atoms with E-state index >= 15 is 0 Å². The van der Waals surface area contributed by atoms with Crippen LogP contribution in [0.5, 0.6) is 5.75 Å². The standard InChI is InChI=1S/C16H15FN4O5/c17-11-3-5-12(6-4-11)20(9-7-14(18)22)15(23)10-26-13-2-1-8-19-16(13)21(24)25/h1-6,8H,7,9-10H2,(H2,18,22). The van der Waals surface area contributed by atoms with E-state index in [9.17, 15) is 24.1 Å².